The molecule has 1 aliphatic heterocycles. The predicted octanol–water partition coefficient (Wildman–Crippen LogP) is 3.58. The van der Waals surface area contributed by atoms with Gasteiger partial charge in [0.2, 0.25) is 0 Å². The first-order chi connectivity index (χ1) is 17.6. The summed E-state index contributed by atoms with van der Waals surface area (Å²) < 4.78 is 24.2. The molecule has 4 heterocycles. The largest absolute Gasteiger partial charge is 0.377 e. The second-order valence-corrected chi connectivity index (χ2v) is 9.11. The summed E-state index contributed by atoms with van der Waals surface area (Å²) in [4.78, 5) is 21.9. The SMILES string of the molecule is Cn1nccc1CNc1nc(C2=CCOCC2)cn2c(-c3ccc(C(=O)NC4CC4)c(F)c3)cnc12. The van der Waals surface area contributed by atoms with Crippen molar-refractivity contribution in [3.05, 3.63) is 71.7 Å². The number of benzene rings is 1. The van der Waals surface area contributed by atoms with Gasteiger partial charge in [0, 0.05) is 31.0 Å². The average molecular weight is 488 g/mol. The van der Waals surface area contributed by atoms with Crippen molar-refractivity contribution < 1.29 is 13.9 Å². The third kappa shape index (κ3) is 4.35. The van der Waals surface area contributed by atoms with Crippen LogP contribution < -0.4 is 10.6 Å². The number of rotatable bonds is 7. The van der Waals surface area contributed by atoms with Gasteiger partial charge in [0.25, 0.3) is 5.91 Å². The lowest BCUT2D eigenvalue weighted by Crippen LogP contribution is -2.26. The van der Waals surface area contributed by atoms with Crippen LogP contribution in [-0.4, -0.2) is 49.3 Å². The van der Waals surface area contributed by atoms with Crippen LogP contribution in [0.25, 0.3) is 22.5 Å². The van der Waals surface area contributed by atoms with Crippen LogP contribution in [-0.2, 0) is 18.3 Å². The zero-order valence-electron chi connectivity index (χ0n) is 19.9. The summed E-state index contributed by atoms with van der Waals surface area (Å²) in [5, 5.41) is 10.5. The van der Waals surface area contributed by atoms with Gasteiger partial charge in [0.05, 0.1) is 48.6 Å². The van der Waals surface area contributed by atoms with Crippen molar-refractivity contribution in [3.8, 4) is 11.3 Å². The number of imidazole rings is 1. The first kappa shape index (κ1) is 22.4. The molecule has 0 saturated heterocycles. The standard InChI is InChI=1S/C26H26FN7O2/c1-33-19(6-9-30-33)13-28-24-25-29-14-23(34(25)15-22(32-24)16-7-10-36-11-8-16)17-2-5-20(21(27)12-17)26(35)31-18-3-4-18/h2,5-7,9,12,14-15,18H,3-4,8,10-11,13H2,1H3,(H,28,32)(H,31,35). The molecule has 1 aromatic carbocycles. The third-order valence-electron chi connectivity index (χ3n) is 6.57. The van der Waals surface area contributed by atoms with Crippen molar-refractivity contribution in [1.29, 1.82) is 0 Å². The minimum Gasteiger partial charge on any atom is -0.377 e. The Kier molecular flexibility index (Phi) is 5.73. The van der Waals surface area contributed by atoms with E-state index in [-0.39, 0.29) is 17.5 Å². The number of halogens is 1. The Morgan fingerprint density at radius 1 is 1.28 bits per heavy atom. The van der Waals surface area contributed by atoms with Gasteiger partial charge in [0.1, 0.15) is 5.82 Å². The highest BCUT2D eigenvalue weighted by Crippen LogP contribution is 2.29. The van der Waals surface area contributed by atoms with Crippen LogP contribution in [0.1, 0.15) is 41.0 Å². The minimum atomic E-state index is -0.559. The fourth-order valence-corrected chi connectivity index (χ4v) is 4.33. The van der Waals surface area contributed by atoms with Gasteiger partial charge in [0.15, 0.2) is 11.5 Å². The van der Waals surface area contributed by atoms with Gasteiger partial charge in [-0.3, -0.25) is 13.9 Å². The number of aryl methyl sites for hydroxylation is 1. The molecule has 10 heteroatoms. The Morgan fingerprint density at radius 2 is 2.17 bits per heavy atom. The van der Waals surface area contributed by atoms with Crippen LogP contribution in [0.2, 0.25) is 0 Å². The summed E-state index contributed by atoms with van der Waals surface area (Å²) in [6, 6.07) is 6.78. The summed E-state index contributed by atoms with van der Waals surface area (Å²) in [5.74, 6) is -0.316. The van der Waals surface area contributed by atoms with E-state index in [2.05, 4.69) is 20.7 Å². The van der Waals surface area contributed by atoms with E-state index in [1.807, 2.05) is 29.8 Å². The van der Waals surface area contributed by atoms with Crippen molar-refractivity contribution >= 4 is 22.9 Å². The highest BCUT2D eigenvalue weighted by atomic mass is 19.1. The molecule has 4 aromatic rings. The topological polar surface area (TPSA) is 98.4 Å². The van der Waals surface area contributed by atoms with Crippen LogP contribution in [0.4, 0.5) is 10.2 Å². The molecule has 1 amide bonds. The van der Waals surface area contributed by atoms with Gasteiger partial charge < -0.3 is 15.4 Å². The van der Waals surface area contributed by atoms with Crippen molar-refractivity contribution in [2.45, 2.75) is 31.8 Å². The molecule has 9 nitrogen and oxygen atoms in total. The van der Waals surface area contributed by atoms with Gasteiger partial charge in [-0.05, 0) is 43.0 Å². The molecule has 0 atom stereocenters. The molecule has 0 radical (unpaired) electrons. The number of nitrogens with one attached hydrogen (secondary N) is 2. The monoisotopic (exact) mass is 487 g/mol. The molecule has 2 N–H and O–H groups in total. The number of aromatic nitrogens is 5. The van der Waals surface area contributed by atoms with Gasteiger partial charge >= 0.3 is 0 Å². The molecule has 3 aromatic heterocycles. The Morgan fingerprint density at radius 3 is 2.89 bits per heavy atom. The Balaban J connectivity index is 1.39. The summed E-state index contributed by atoms with van der Waals surface area (Å²) in [7, 11) is 1.89. The Labute approximate surface area is 207 Å². The third-order valence-corrected chi connectivity index (χ3v) is 6.57. The molecule has 0 unspecified atom stereocenters. The molecule has 0 bridgehead atoms. The molecule has 2 aliphatic rings. The fraction of sp³-hybridized carbons (Fsp3) is 0.308. The maximum absolute atomic E-state index is 15.0. The molecule has 36 heavy (non-hydrogen) atoms. The summed E-state index contributed by atoms with van der Waals surface area (Å²) in [6.07, 6.45) is 10.1. The number of amides is 1. The number of fused-ring (bicyclic) bond motifs is 1. The molecular formula is C26H26FN7O2. The molecule has 6 rings (SSSR count). The number of carbonyl (C=O) groups is 1. The van der Waals surface area contributed by atoms with Crippen molar-refractivity contribution in [3.63, 3.8) is 0 Å². The van der Waals surface area contributed by atoms with E-state index in [1.165, 1.54) is 12.1 Å². The normalized spacial score (nSPS) is 15.7. The number of nitrogens with zero attached hydrogens (tertiary/aromatic N) is 5. The maximum atomic E-state index is 15.0. The zero-order valence-corrected chi connectivity index (χ0v) is 19.9. The number of hydrogen-bond donors (Lipinski definition) is 2. The molecule has 0 spiro atoms. The maximum Gasteiger partial charge on any atom is 0.254 e. The Hall–Kier alpha value is -4.05. The number of carbonyl (C=O) groups excluding carboxylic acids is 1. The quantitative estimate of drug-likeness (QED) is 0.414. The lowest BCUT2D eigenvalue weighted by atomic mass is 10.1. The fourth-order valence-electron chi connectivity index (χ4n) is 4.33. The lowest BCUT2D eigenvalue weighted by Gasteiger charge is -2.16. The molecule has 1 aliphatic carbocycles. The first-order valence-corrected chi connectivity index (χ1v) is 12.0. The number of anilines is 1. The predicted molar refractivity (Wildman–Crippen MR) is 133 cm³/mol. The van der Waals surface area contributed by atoms with Crippen LogP contribution in [0, 0.1) is 5.82 Å². The highest BCUT2D eigenvalue weighted by molar-refractivity contribution is 5.95. The lowest BCUT2D eigenvalue weighted by molar-refractivity contribution is 0.0947. The number of hydrogen-bond acceptors (Lipinski definition) is 6. The molecular weight excluding hydrogens is 461 g/mol. The average Bonchev–Trinajstić information content (AvgIpc) is 3.44. The summed E-state index contributed by atoms with van der Waals surface area (Å²) in [6.45, 7) is 1.70. The van der Waals surface area contributed by atoms with Crippen LogP contribution in [0.3, 0.4) is 0 Å². The van der Waals surface area contributed by atoms with Crippen LogP contribution >= 0.6 is 0 Å². The van der Waals surface area contributed by atoms with E-state index in [0.29, 0.717) is 42.5 Å². The number of ether oxygens (including phenoxy) is 1. The molecule has 1 saturated carbocycles. The van der Waals surface area contributed by atoms with Crippen molar-refractivity contribution in [2.24, 2.45) is 7.05 Å². The smallest absolute Gasteiger partial charge is 0.254 e. The van der Waals surface area contributed by atoms with E-state index in [9.17, 15) is 9.18 Å². The van der Waals surface area contributed by atoms with Crippen molar-refractivity contribution in [2.75, 3.05) is 18.5 Å². The second kappa shape index (κ2) is 9.19. The van der Waals surface area contributed by atoms with E-state index < -0.39 is 5.82 Å². The zero-order chi connectivity index (χ0) is 24.6. The van der Waals surface area contributed by atoms with E-state index in [4.69, 9.17) is 9.72 Å². The van der Waals surface area contributed by atoms with E-state index >= 15 is 0 Å². The Bertz CT molecular complexity index is 1480. The van der Waals surface area contributed by atoms with Gasteiger partial charge in [-0.25, -0.2) is 14.4 Å². The highest BCUT2D eigenvalue weighted by Gasteiger charge is 2.25. The van der Waals surface area contributed by atoms with E-state index in [1.54, 1.807) is 23.1 Å². The van der Waals surface area contributed by atoms with Gasteiger partial charge in [-0.2, -0.15) is 5.10 Å². The van der Waals surface area contributed by atoms with Gasteiger partial charge in [-0.1, -0.05) is 12.1 Å². The van der Waals surface area contributed by atoms with Crippen LogP contribution in [0.15, 0.2) is 48.9 Å². The van der Waals surface area contributed by atoms with Crippen molar-refractivity contribution in [1.82, 2.24) is 29.5 Å². The summed E-state index contributed by atoms with van der Waals surface area (Å²) >= 11 is 0. The first-order valence-electron chi connectivity index (χ1n) is 12.0. The van der Waals surface area contributed by atoms with E-state index in [0.717, 1.165) is 36.2 Å². The van der Waals surface area contributed by atoms with Gasteiger partial charge in [-0.15, -0.1) is 0 Å². The van der Waals surface area contributed by atoms with Crippen LogP contribution in [0.5, 0.6) is 0 Å². The minimum absolute atomic E-state index is 0.0488. The molecule has 1 fully saturated rings. The molecule has 184 valence electrons. The second-order valence-electron chi connectivity index (χ2n) is 9.11. The summed E-state index contributed by atoms with van der Waals surface area (Å²) in [5.41, 5.74) is 4.89.